The van der Waals surface area contributed by atoms with Crippen molar-refractivity contribution in [1.29, 1.82) is 0 Å². The molecule has 1 aromatic carbocycles. The molecule has 3 rings (SSSR count). The second-order valence-electron chi connectivity index (χ2n) is 4.23. The Hall–Kier alpha value is -1.59. The summed E-state index contributed by atoms with van der Waals surface area (Å²) < 4.78 is 14.9. The summed E-state index contributed by atoms with van der Waals surface area (Å²) >= 11 is 2.69. The van der Waals surface area contributed by atoms with Gasteiger partial charge in [0.1, 0.15) is 11.6 Å². The number of aliphatic hydroxyl groups excluding tert-OH is 1. The molecule has 1 aromatic heterocycles. The van der Waals surface area contributed by atoms with E-state index >= 15 is 0 Å². The molecule has 0 unspecified atom stereocenters. The van der Waals surface area contributed by atoms with Crippen molar-refractivity contribution >= 4 is 39.0 Å². The standard InChI is InChI=1S/C14H9FO2S2/c1-7-4-10(16)14(13(7)17)19-12-6-8-5-9(15)2-3-11(8)18-12/h2-3,5-6,17H,1,4H2. The summed E-state index contributed by atoms with van der Waals surface area (Å²) in [7, 11) is 0. The Kier molecular flexibility index (Phi) is 2.95. The van der Waals surface area contributed by atoms with Gasteiger partial charge in [0.05, 0.1) is 9.11 Å². The van der Waals surface area contributed by atoms with Crippen LogP contribution in [-0.4, -0.2) is 10.9 Å². The highest BCUT2D eigenvalue weighted by atomic mass is 32.2. The van der Waals surface area contributed by atoms with Gasteiger partial charge in [-0.25, -0.2) is 4.39 Å². The molecule has 1 aliphatic rings. The molecule has 2 nitrogen and oxygen atoms in total. The number of carbonyl (C=O) groups is 1. The molecule has 1 heterocycles. The van der Waals surface area contributed by atoms with E-state index in [-0.39, 0.29) is 23.8 Å². The summed E-state index contributed by atoms with van der Waals surface area (Å²) in [5, 5.41) is 10.6. The molecule has 0 saturated carbocycles. The van der Waals surface area contributed by atoms with Crippen molar-refractivity contribution in [1.82, 2.24) is 0 Å². The van der Waals surface area contributed by atoms with Gasteiger partial charge in [0.2, 0.25) is 0 Å². The minimum atomic E-state index is -0.283. The van der Waals surface area contributed by atoms with Crippen LogP contribution in [0.5, 0.6) is 0 Å². The minimum absolute atomic E-state index is 0.0152. The van der Waals surface area contributed by atoms with Crippen LogP contribution in [0.2, 0.25) is 0 Å². The lowest BCUT2D eigenvalue weighted by Crippen LogP contribution is -1.91. The van der Waals surface area contributed by atoms with Gasteiger partial charge in [-0.3, -0.25) is 4.79 Å². The van der Waals surface area contributed by atoms with Gasteiger partial charge in [-0.1, -0.05) is 18.3 Å². The van der Waals surface area contributed by atoms with Crippen molar-refractivity contribution in [3.63, 3.8) is 0 Å². The number of halogens is 1. The van der Waals surface area contributed by atoms with Crippen molar-refractivity contribution in [3.05, 3.63) is 52.9 Å². The molecule has 0 fully saturated rings. The molecule has 2 aromatic rings. The first-order valence-corrected chi connectivity index (χ1v) is 7.19. The first kappa shape index (κ1) is 12.4. The summed E-state index contributed by atoms with van der Waals surface area (Å²) in [6, 6.07) is 6.40. The quantitative estimate of drug-likeness (QED) is 0.889. The summed E-state index contributed by atoms with van der Waals surface area (Å²) in [5.41, 5.74) is 0.458. The zero-order chi connectivity index (χ0) is 13.6. The maximum Gasteiger partial charge on any atom is 0.177 e. The van der Waals surface area contributed by atoms with Crippen LogP contribution in [0.1, 0.15) is 6.42 Å². The van der Waals surface area contributed by atoms with E-state index in [1.807, 2.05) is 6.07 Å². The van der Waals surface area contributed by atoms with Crippen molar-refractivity contribution in [2.24, 2.45) is 0 Å². The molecule has 0 spiro atoms. The maximum atomic E-state index is 13.1. The lowest BCUT2D eigenvalue weighted by molar-refractivity contribution is -0.113. The molecular weight excluding hydrogens is 283 g/mol. The van der Waals surface area contributed by atoms with Crippen LogP contribution >= 0.6 is 23.1 Å². The summed E-state index contributed by atoms with van der Waals surface area (Å²) in [6.07, 6.45) is 0.174. The molecule has 96 valence electrons. The van der Waals surface area contributed by atoms with Gasteiger partial charge in [0.25, 0.3) is 0 Å². The number of rotatable bonds is 2. The molecule has 0 bridgehead atoms. The van der Waals surface area contributed by atoms with E-state index in [9.17, 15) is 14.3 Å². The van der Waals surface area contributed by atoms with E-state index in [0.29, 0.717) is 10.5 Å². The molecular formula is C14H9FO2S2. The first-order valence-electron chi connectivity index (χ1n) is 5.56. The van der Waals surface area contributed by atoms with Gasteiger partial charge in [-0.15, -0.1) is 11.3 Å². The maximum absolute atomic E-state index is 13.1. The predicted octanol–water partition coefficient (Wildman–Crippen LogP) is 4.43. The average molecular weight is 292 g/mol. The average Bonchev–Trinajstić information content (AvgIpc) is 2.85. The second-order valence-corrected chi connectivity index (χ2v) is 6.63. The van der Waals surface area contributed by atoms with Gasteiger partial charge in [-0.2, -0.15) is 0 Å². The number of aliphatic hydroxyl groups is 1. The molecule has 0 radical (unpaired) electrons. The fourth-order valence-electron chi connectivity index (χ4n) is 1.90. The van der Waals surface area contributed by atoms with E-state index in [1.165, 1.54) is 35.2 Å². The monoisotopic (exact) mass is 292 g/mol. The van der Waals surface area contributed by atoms with Gasteiger partial charge < -0.3 is 5.11 Å². The number of allylic oxidation sites excluding steroid dienone is 2. The third-order valence-corrected chi connectivity index (χ3v) is 5.19. The number of ketones is 1. The van der Waals surface area contributed by atoms with Gasteiger partial charge in [-0.05, 0) is 35.2 Å². The number of hydrogen-bond donors (Lipinski definition) is 1. The van der Waals surface area contributed by atoms with Gasteiger partial charge in [0, 0.05) is 11.1 Å². The third-order valence-electron chi connectivity index (χ3n) is 2.84. The largest absolute Gasteiger partial charge is 0.506 e. The van der Waals surface area contributed by atoms with Crippen LogP contribution in [0.15, 0.2) is 51.3 Å². The molecule has 1 N–H and O–H groups in total. The third kappa shape index (κ3) is 2.19. The van der Waals surface area contributed by atoms with Crippen LogP contribution in [0.25, 0.3) is 10.1 Å². The van der Waals surface area contributed by atoms with Crippen LogP contribution in [0, 0.1) is 5.82 Å². The second kappa shape index (κ2) is 4.51. The molecule has 0 amide bonds. The van der Waals surface area contributed by atoms with Crippen LogP contribution in [-0.2, 0) is 4.79 Å². The minimum Gasteiger partial charge on any atom is -0.506 e. The van der Waals surface area contributed by atoms with Crippen molar-refractivity contribution in [3.8, 4) is 0 Å². The molecule has 5 heteroatoms. The predicted molar refractivity (Wildman–Crippen MR) is 76.1 cm³/mol. The molecule has 0 atom stereocenters. The topological polar surface area (TPSA) is 37.3 Å². The van der Waals surface area contributed by atoms with E-state index in [4.69, 9.17) is 0 Å². The van der Waals surface area contributed by atoms with E-state index < -0.39 is 0 Å². The van der Waals surface area contributed by atoms with E-state index in [1.54, 1.807) is 6.07 Å². The summed E-state index contributed by atoms with van der Waals surface area (Å²) in [6.45, 7) is 3.64. The molecule has 19 heavy (non-hydrogen) atoms. The van der Waals surface area contributed by atoms with Crippen LogP contribution < -0.4 is 0 Å². The van der Waals surface area contributed by atoms with Crippen molar-refractivity contribution in [2.75, 3.05) is 0 Å². The van der Waals surface area contributed by atoms with E-state index in [0.717, 1.165) is 14.3 Å². The number of benzene rings is 1. The number of hydrogen-bond acceptors (Lipinski definition) is 4. The Labute approximate surface area is 117 Å². The lowest BCUT2D eigenvalue weighted by atomic mass is 10.2. The Morgan fingerprint density at radius 3 is 2.84 bits per heavy atom. The van der Waals surface area contributed by atoms with Crippen molar-refractivity contribution in [2.45, 2.75) is 10.6 Å². The summed E-state index contributed by atoms with van der Waals surface area (Å²) in [5.74, 6) is -0.413. The van der Waals surface area contributed by atoms with Gasteiger partial charge in [0.15, 0.2) is 5.78 Å². The Bertz CT molecular complexity index is 743. The Balaban J connectivity index is 1.98. The number of Topliss-reactive ketones (excluding diaryl/α,β-unsaturated/α-hetero) is 1. The fraction of sp³-hybridized carbons (Fsp3) is 0.0714. The summed E-state index contributed by atoms with van der Waals surface area (Å²) in [4.78, 5) is 12.0. The lowest BCUT2D eigenvalue weighted by Gasteiger charge is -1.97. The highest BCUT2D eigenvalue weighted by Crippen LogP contribution is 2.42. The zero-order valence-electron chi connectivity index (χ0n) is 9.77. The normalized spacial score (nSPS) is 15.8. The van der Waals surface area contributed by atoms with Crippen molar-refractivity contribution < 1.29 is 14.3 Å². The Morgan fingerprint density at radius 1 is 1.37 bits per heavy atom. The molecule has 0 saturated heterocycles. The fourth-order valence-corrected chi connectivity index (χ4v) is 4.17. The zero-order valence-corrected chi connectivity index (χ0v) is 11.4. The number of thiophene rings is 1. The van der Waals surface area contributed by atoms with E-state index in [2.05, 4.69) is 6.58 Å². The number of carbonyl (C=O) groups excluding carboxylic acids is 1. The van der Waals surface area contributed by atoms with Gasteiger partial charge >= 0.3 is 0 Å². The Morgan fingerprint density at radius 2 is 2.16 bits per heavy atom. The van der Waals surface area contributed by atoms with Crippen LogP contribution in [0.3, 0.4) is 0 Å². The highest BCUT2D eigenvalue weighted by Gasteiger charge is 2.27. The van der Waals surface area contributed by atoms with Crippen LogP contribution in [0.4, 0.5) is 4.39 Å². The molecule has 1 aliphatic carbocycles. The SMILES string of the molecule is C=C1CC(=O)C(Sc2cc3cc(F)ccc3s2)=C1O. The highest BCUT2D eigenvalue weighted by molar-refractivity contribution is 8.05. The first-order chi connectivity index (χ1) is 9.04. The number of thioether (sulfide) groups is 1. The number of fused-ring (bicyclic) bond motifs is 1. The smallest absolute Gasteiger partial charge is 0.177 e. The molecule has 0 aliphatic heterocycles.